The maximum Gasteiger partial charge on any atom is 0.360 e. The van der Waals surface area contributed by atoms with E-state index in [9.17, 15) is 9.59 Å². The molecule has 1 fully saturated rings. The van der Waals surface area contributed by atoms with Gasteiger partial charge in [0.1, 0.15) is 12.7 Å². The first kappa shape index (κ1) is 21.7. The molecule has 1 aliphatic rings. The lowest BCUT2D eigenvalue weighted by molar-refractivity contribution is -0.138. The Bertz CT molecular complexity index is 991. The molecule has 2 aromatic carbocycles. The second-order valence-electron chi connectivity index (χ2n) is 7.70. The summed E-state index contributed by atoms with van der Waals surface area (Å²) in [5.74, 6) is -0.540. The molecule has 8 nitrogen and oxygen atoms in total. The van der Waals surface area contributed by atoms with E-state index in [1.165, 1.54) is 7.11 Å². The van der Waals surface area contributed by atoms with Gasteiger partial charge in [-0.1, -0.05) is 65.9 Å². The first-order valence-corrected chi connectivity index (χ1v) is 10.6. The van der Waals surface area contributed by atoms with Gasteiger partial charge in [-0.25, -0.2) is 9.48 Å². The van der Waals surface area contributed by atoms with Crippen molar-refractivity contribution in [2.45, 2.75) is 25.0 Å². The molecule has 2 heterocycles. The smallest absolute Gasteiger partial charge is 0.360 e. The summed E-state index contributed by atoms with van der Waals surface area (Å²) in [5.41, 5.74) is 2.21. The zero-order valence-electron chi connectivity index (χ0n) is 18.0. The van der Waals surface area contributed by atoms with E-state index in [-0.39, 0.29) is 30.4 Å². The average molecular weight is 434 g/mol. The van der Waals surface area contributed by atoms with Crippen molar-refractivity contribution >= 4 is 11.9 Å². The van der Waals surface area contributed by atoms with E-state index in [4.69, 9.17) is 4.74 Å². The van der Waals surface area contributed by atoms with Crippen molar-refractivity contribution in [2.75, 3.05) is 26.8 Å². The lowest BCUT2D eigenvalue weighted by Crippen LogP contribution is -2.41. The van der Waals surface area contributed by atoms with Crippen LogP contribution >= 0.6 is 0 Å². The number of carbonyl (C=O) groups excluding carboxylic acids is 2. The number of likely N-dealkylation sites (tertiary alicyclic amines) is 1. The molecular weight excluding hydrogens is 408 g/mol. The molecule has 0 N–H and O–H groups in total. The highest BCUT2D eigenvalue weighted by Gasteiger charge is 2.26. The summed E-state index contributed by atoms with van der Waals surface area (Å²) in [4.78, 5) is 26.2. The summed E-state index contributed by atoms with van der Waals surface area (Å²) in [7, 11) is 1.31. The Kier molecular flexibility index (Phi) is 6.91. The van der Waals surface area contributed by atoms with Gasteiger partial charge in [0.15, 0.2) is 5.69 Å². The maximum atomic E-state index is 12.8. The summed E-state index contributed by atoms with van der Waals surface area (Å²) < 4.78 is 12.5. The van der Waals surface area contributed by atoms with Crippen molar-refractivity contribution in [3.8, 4) is 0 Å². The van der Waals surface area contributed by atoms with Crippen LogP contribution in [-0.4, -0.2) is 58.6 Å². The molecule has 8 heteroatoms. The fraction of sp³-hybridized carbons (Fsp3) is 0.333. The largest absolute Gasteiger partial charge is 0.464 e. The van der Waals surface area contributed by atoms with Gasteiger partial charge in [-0.2, -0.15) is 0 Å². The van der Waals surface area contributed by atoms with E-state index < -0.39 is 5.97 Å². The third-order valence-corrected chi connectivity index (χ3v) is 5.67. The minimum atomic E-state index is -0.507. The van der Waals surface area contributed by atoms with Crippen molar-refractivity contribution < 1.29 is 19.1 Å². The zero-order valence-corrected chi connectivity index (χ0v) is 18.0. The lowest BCUT2D eigenvalue weighted by atomic mass is 10.0. The van der Waals surface area contributed by atoms with Crippen molar-refractivity contribution in [2.24, 2.45) is 0 Å². The van der Waals surface area contributed by atoms with Gasteiger partial charge in [-0.3, -0.25) is 4.79 Å². The first-order valence-electron chi connectivity index (χ1n) is 10.6. The van der Waals surface area contributed by atoms with Crippen LogP contribution in [0.15, 0.2) is 66.9 Å². The quantitative estimate of drug-likeness (QED) is 0.532. The molecule has 1 aromatic heterocycles. The second-order valence-corrected chi connectivity index (χ2v) is 7.70. The predicted molar refractivity (Wildman–Crippen MR) is 117 cm³/mol. The third kappa shape index (κ3) is 5.03. The summed E-state index contributed by atoms with van der Waals surface area (Å²) in [6.07, 6.45) is 2.76. The second kappa shape index (κ2) is 10.2. The van der Waals surface area contributed by atoms with Crippen LogP contribution in [0, 0.1) is 0 Å². The fourth-order valence-corrected chi connectivity index (χ4v) is 3.92. The van der Waals surface area contributed by atoms with E-state index in [0.717, 1.165) is 24.0 Å². The van der Waals surface area contributed by atoms with Gasteiger partial charge in [0.2, 0.25) is 5.91 Å². The number of hydrogen-bond donors (Lipinski definition) is 0. The van der Waals surface area contributed by atoms with Gasteiger partial charge in [-0.15, -0.1) is 5.10 Å². The number of ether oxygens (including phenoxy) is 2. The van der Waals surface area contributed by atoms with Gasteiger partial charge >= 0.3 is 5.97 Å². The van der Waals surface area contributed by atoms with Crippen LogP contribution in [0.25, 0.3) is 0 Å². The maximum absolute atomic E-state index is 12.8. The molecule has 166 valence electrons. The van der Waals surface area contributed by atoms with Crippen molar-refractivity contribution in [1.82, 2.24) is 19.9 Å². The molecule has 0 unspecified atom stereocenters. The van der Waals surface area contributed by atoms with Crippen molar-refractivity contribution in [3.05, 3.63) is 83.7 Å². The van der Waals surface area contributed by atoms with E-state index in [1.54, 1.807) is 10.9 Å². The number of rotatable bonds is 7. The van der Waals surface area contributed by atoms with E-state index in [0.29, 0.717) is 13.1 Å². The SMILES string of the molecule is COC(=O)c1cn(C2CCN(C(=O)COC(c3ccccc3)c3ccccc3)CC2)nn1. The van der Waals surface area contributed by atoms with Gasteiger partial charge in [0.25, 0.3) is 0 Å². The Morgan fingerprint density at radius 2 is 1.59 bits per heavy atom. The number of piperidine rings is 1. The Labute approximate surface area is 186 Å². The van der Waals surface area contributed by atoms with Crippen LogP contribution in [0.5, 0.6) is 0 Å². The highest BCUT2D eigenvalue weighted by atomic mass is 16.5. The molecule has 0 bridgehead atoms. The Balaban J connectivity index is 1.34. The molecule has 1 saturated heterocycles. The van der Waals surface area contributed by atoms with E-state index in [1.807, 2.05) is 65.6 Å². The molecule has 0 saturated carbocycles. The number of amides is 1. The molecule has 1 amide bonds. The molecular formula is C24H26N4O4. The standard InChI is InChI=1S/C24H26N4O4/c1-31-24(30)21-16-28(26-25-21)20-12-14-27(15-13-20)22(29)17-32-23(18-8-4-2-5-9-18)19-10-6-3-7-11-19/h2-11,16,20,23H,12-15,17H2,1H3. The summed E-state index contributed by atoms with van der Waals surface area (Å²) >= 11 is 0. The molecule has 4 rings (SSSR count). The predicted octanol–water partition coefficient (Wildman–Crippen LogP) is 3.03. The monoisotopic (exact) mass is 434 g/mol. The van der Waals surface area contributed by atoms with Crippen LogP contribution in [0.4, 0.5) is 0 Å². The Hall–Kier alpha value is -3.52. The van der Waals surface area contributed by atoms with Crippen molar-refractivity contribution in [3.63, 3.8) is 0 Å². The molecule has 0 atom stereocenters. The fourth-order valence-electron chi connectivity index (χ4n) is 3.92. The number of methoxy groups -OCH3 is 1. The molecule has 0 aliphatic carbocycles. The van der Waals surface area contributed by atoms with Crippen LogP contribution in [0.2, 0.25) is 0 Å². The Morgan fingerprint density at radius 3 is 2.16 bits per heavy atom. The highest BCUT2D eigenvalue weighted by Crippen LogP contribution is 2.26. The first-order chi connectivity index (χ1) is 15.7. The number of aromatic nitrogens is 3. The summed E-state index contributed by atoms with van der Waals surface area (Å²) in [6.45, 7) is 1.21. The number of hydrogen-bond acceptors (Lipinski definition) is 6. The van der Waals surface area contributed by atoms with Crippen LogP contribution in [0.1, 0.15) is 46.6 Å². The summed E-state index contributed by atoms with van der Waals surface area (Å²) in [6, 6.07) is 19.9. The van der Waals surface area contributed by atoms with Crippen LogP contribution in [0.3, 0.4) is 0 Å². The van der Waals surface area contributed by atoms with Gasteiger partial charge < -0.3 is 14.4 Å². The number of esters is 1. The molecule has 0 spiro atoms. The topological polar surface area (TPSA) is 86.5 Å². The highest BCUT2D eigenvalue weighted by molar-refractivity contribution is 5.86. The van der Waals surface area contributed by atoms with Gasteiger partial charge in [-0.05, 0) is 24.0 Å². The van der Waals surface area contributed by atoms with E-state index >= 15 is 0 Å². The minimum Gasteiger partial charge on any atom is -0.464 e. The number of nitrogens with zero attached hydrogens (tertiary/aromatic N) is 4. The molecule has 0 radical (unpaired) electrons. The number of benzene rings is 2. The lowest BCUT2D eigenvalue weighted by Gasteiger charge is -2.32. The van der Waals surface area contributed by atoms with Crippen molar-refractivity contribution in [1.29, 1.82) is 0 Å². The Morgan fingerprint density at radius 1 is 1.00 bits per heavy atom. The van der Waals surface area contributed by atoms with Crippen LogP contribution < -0.4 is 0 Å². The molecule has 1 aliphatic heterocycles. The molecule has 3 aromatic rings. The van der Waals surface area contributed by atoms with Gasteiger partial charge in [0, 0.05) is 13.1 Å². The van der Waals surface area contributed by atoms with Gasteiger partial charge in [0.05, 0.1) is 19.3 Å². The minimum absolute atomic E-state index is 0.00887. The normalized spacial score (nSPS) is 14.5. The average Bonchev–Trinajstić information content (AvgIpc) is 3.35. The van der Waals surface area contributed by atoms with E-state index in [2.05, 4.69) is 15.0 Å². The zero-order chi connectivity index (χ0) is 22.3. The third-order valence-electron chi connectivity index (χ3n) is 5.67. The van der Waals surface area contributed by atoms with Crippen LogP contribution in [-0.2, 0) is 14.3 Å². The molecule has 32 heavy (non-hydrogen) atoms. The summed E-state index contributed by atoms with van der Waals surface area (Å²) in [5, 5.41) is 7.90. The number of carbonyl (C=O) groups is 2.